The van der Waals surface area contributed by atoms with Crippen LogP contribution < -0.4 is 5.56 Å². The van der Waals surface area contributed by atoms with Gasteiger partial charge in [-0.25, -0.2) is 0 Å². The summed E-state index contributed by atoms with van der Waals surface area (Å²) in [4.78, 5) is 16.7. The zero-order chi connectivity index (χ0) is 27.2. The number of pyridine rings is 1. The second-order valence-corrected chi connectivity index (χ2v) is 10.8. The molecule has 2 N–H and O–H groups in total. The number of phenolic OH excluding ortho intramolecular Hbond substituents is 1. The Kier molecular flexibility index (Phi) is 8.03. The number of aromatic nitrogens is 1. The zero-order valence-corrected chi connectivity index (χ0v) is 22.8. The molecule has 0 saturated heterocycles. The fourth-order valence-electron chi connectivity index (χ4n) is 5.70. The van der Waals surface area contributed by atoms with Gasteiger partial charge < -0.3 is 14.5 Å². The van der Waals surface area contributed by atoms with Crippen molar-refractivity contribution < 1.29 is 22.7 Å². The Morgan fingerprint density at radius 3 is 2.11 bits per heavy atom. The average molecular weight is 537 g/mol. The minimum absolute atomic E-state index is 0.0790. The van der Waals surface area contributed by atoms with Crippen molar-refractivity contribution in [3.63, 3.8) is 0 Å². The number of aromatic amines is 1. The number of phenols is 1. The second kappa shape index (κ2) is 10.2. The third kappa shape index (κ3) is 4.71. The van der Waals surface area contributed by atoms with E-state index in [1.54, 1.807) is 0 Å². The molecule has 3 aromatic rings. The van der Waals surface area contributed by atoms with Crippen LogP contribution in [-0.2, 0) is 16.0 Å². The van der Waals surface area contributed by atoms with Crippen LogP contribution >= 0.6 is 11.6 Å². The number of benzene rings is 2. The minimum Gasteiger partial charge on any atom is -0.507 e. The van der Waals surface area contributed by atoms with Gasteiger partial charge in [-0.2, -0.15) is 13.2 Å². The Balaban J connectivity index is 2.70. The number of halogens is 4. The Hall–Kier alpha value is -2.29. The molecule has 9 heteroatoms. The zero-order valence-electron chi connectivity index (χ0n) is 21.0. The lowest BCUT2D eigenvalue weighted by Crippen LogP contribution is -2.54. The maximum absolute atomic E-state index is 13.9. The predicted molar refractivity (Wildman–Crippen MR) is 139 cm³/mol. The van der Waals surface area contributed by atoms with E-state index in [9.17, 15) is 23.1 Å². The Labute approximate surface area is 217 Å². The number of aromatic hydroxyl groups is 1. The van der Waals surface area contributed by atoms with Crippen molar-refractivity contribution in [1.29, 1.82) is 0 Å². The molecule has 193 valence electrons. The molecule has 1 unspecified atom stereocenters. The van der Waals surface area contributed by atoms with E-state index in [0.29, 0.717) is 0 Å². The van der Waals surface area contributed by atoms with E-state index >= 15 is 0 Å². The highest BCUT2D eigenvalue weighted by atomic mass is 35.5. The summed E-state index contributed by atoms with van der Waals surface area (Å²) in [7, 11) is 3.23. The van der Waals surface area contributed by atoms with Crippen molar-refractivity contribution >= 4 is 33.0 Å². The van der Waals surface area contributed by atoms with Gasteiger partial charge >= 0.3 is 6.18 Å². The van der Waals surface area contributed by atoms with Gasteiger partial charge in [-0.05, 0) is 54.2 Å². The topological polar surface area (TPSA) is 62.3 Å². The van der Waals surface area contributed by atoms with Crippen LogP contribution in [0.2, 0.25) is 5.02 Å². The molecule has 0 saturated carbocycles. The van der Waals surface area contributed by atoms with E-state index < -0.39 is 28.8 Å². The molecule has 0 aliphatic heterocycles. The molecule has 1 aromatic heterocycles. The molecule has 1 atom stereocenters. The molecule has 1 heterocycles. The molecule has 36 heavy (non-hydrogen) atoms. The van der Waals surface area contributed by atoms with Gasteiger partial charge in [-0.15, -0.1) is 0 Å². The van der Waals surface area contributed by atoms with Gasteiger partial charge in [0, 0.05) is 38.0 Å². The molecular formula is C27H30ClF3NO3Si. The van der Waals surface area contributed by atoms with Crippen molar-refractivity contribution in [3.8, 4) is 16.9 Å². The second-order valence-electron chi connectivity index (χ2n) is 10.1. The standard InChI is InChI=1S/C27H30ClF3NO3Si/c1-13(2)24(35-36)26(14(3)4,15(5)6)23-22(19-12-17(28)8-10-21(19)33)18-11-16(27(29,30)31)7-9-20(18)32-25(23)34/h7-15,24,33H,1-6H3,(H,32,34). The highest BCUT2D eigenvalue weighted by Gasteiger charge is 2.50. The molecule has 3 rings (SSSR count). The number of H-pyrrole nitrogens is 1. The minimum atomic E-state index is -4.61. The van der Waals surface area contributed by atoms with Crippen LogP contribution in [0.15, 0.2) is 41.2 Å². The maximum Gasteiger partial charge on any atom is 0.416 e. The van der Waals surface area contributed by atoms with Gasteiger partial charge in [0.05, 0.1) is 11.7 Å². The number of hydrogen-bond acceptors (Lipinski definition) is 3. The van der Waals surface area contributed by atoms with Gasteiger partial charge in [0.25, 0.3) is 5.56 Å². The van der Waals surface area contributed by atoms with Crippen molar-refractivity contribution in [2.45, 2.75) is 59.2 Å². The highest BCUT2D eigenvalue weighted by molar-refractivity contribution is 6.31. The lowest BCUT2D eigenvalue weighted by Gasteiger charge is -2.49. The lowest BCUT2D eigenvalue weighted by molar-refractivity contribution is -0.137. The summed E-state index contributed by atoms with van der Waals surface area (Å²) in [6.45, 7) is 11.7. The maximum atomic E-state index is 13.9. The van der Waals surface area contributed by atoms with Crippen LogP contribution in [0.5, 0.6) is 5.75 Å². The summed E-state index contributed by atoms with van der Waals surface area (Å²) < 4.78 is 47.2. The van der Waals surface area contributed by atoms with E-state index in [0.717, 1.165) is 12.1 Å². The van der Waals surface area contributed by atoms with E-state index in [1.165, 1.54) is 24.3 Å². The van der Waals surface area contributed by atoms with Gasteiger partial charge in [0.1, 0.15) is 5.75 Å². The first-order valence-electron chi connectivity index (χ1n) is 11.8. The average Bonchev–Trinajstić information content (AvgIpc) is 2.76. The molecule has 0 amide bonds. The first-order valence-corrected chi connectivity index (χ1v) is 12.5. The van der Waals surface area contributed by atoms with Crippen LogP contribution in [0.25, 0.3) is 22.0 Å². The fourth-order valence-corrected chi connectivity index (χ4v) is 6.34. The SMILES string of the molecule is CC(C)C(O[Si])C(c1c(-c2cc(Cl)ccc2O)c2cc(C(F)(F)F)ccc2[nH]c1=O)(C(C)C)C(C)C. The molecule has 0 aliphatic rings. The fraction of sp³-hybridized carbons (Fsp3) is 0.444. The molecule has 0 aliphatic carbocycles. The first-order chi connectivity index (χ1) is 16.7. The largest absolute Gasteiger partial charge is 0.507 e. The van der Waals surface area contributed by atoms with Crippen LogP contribution in [0.3, 0.4) is 0 Å². The lowest BCUT2D eigenvalue weighted by atomic mass is 9.58. The van der Waals surface area contributed by atoms with Crippen LogP contribution in [0, 0.1) is 17.8 Å². The van der Waals surface area contributed by atoms with Crippen LogP contribution in [0.1, 0.15) is 52.7 Å². The van der Waals surface area contributed by atoms with E-state index in [2.05, 4.69) is 15.5 Å². The summed E-state index contributed by atoms with van der Waals surface area (Å²) in [5.41, 5.74) is -1.47. The number of hydrogen-bond donors (Lipinski definition) is 2. The molecule has 4 nitrogen and oxygen atoms in total. The summed E-state index contributed by atoms with van der Waals surface area (Å²) in [5.74, 6) is -0.659. The normalized spacial score (nSPS) is 13.8. The summed E-state index contributed by atoms with van der Waals surface area (Å²) in [6.07, 6.45) is -5.15. The summed E-state index contributed by atoms with van der Waals surface area (Å²) >= 11 is 6.28. The van der Waals surface area contributed by atoms with Gasteiger partial charge in [0.2, 0.25) is 10.5 Å². The molecular weight excluding hydrogens is 507 g/mol. The van der Waals surface area contributed by atoms with Crippen molar-refractivity contribution in [2.24, 2.45) is 17.8 Å². The monoisotopic (exact) mass is 536 g/mol. The summed E-state index contributed by atoms with van der Waals surface area (Å²) in [5, 5.41) is 11.3. The number of rotatable bonds is 7. The van der Waals surface area contributed by atoms with E-state index in [-0.39, 0.29) is 56.1 Å². The van der Waals surface area contributed by atoms with Crippen LogP contribution in [0.4, 0.5) is 13.2 Å². The van der Waals surface area contributed by atoms with Crippen molar-refractivity contribution in [3.05, 3.63) is 62.9 Å². The molecule has 3 radical (unpaired) electrons. The molecule has 0 bridgehead atoms. The van der Waals surface area contributed by atoms with Crippen molar-refractivity contribution in [1.82, 2.24) is 4.98 Å². The Morgan fingerprint density at radius 2 is 1.61 bits per heavy atom. The van der Waals surface area contributed by atoms with Crippen molar-refractivity contribution in [2.75, 3.05) is 0 Å². The molecule has 0 spiro atoms. The number of nitrogens with one attached hydrogen (secondary N) is 1. The van der Waals surface area contributed by atoms with E-state index in [1.807, 2.05) is 41.5 Å². The van der Waals surface area contributed by atoms with E-state index in [4.69, 9.17) is 16.0 Å². The summed E-state index contributed by atoms with van der Waals surface area (Å²) in [6, 6.07) is 7.49. The number of alkyl halides is 3. The smallest absolute Gasteiger partial charge is 0.416 e. The van der Waals surface area contributed by atoms with Gasteiger partial charge in [-0.1, -0.05) is 53.1 Å². The number of fused-ring (bicyclic) bond motifs is 1. The highest BCUT2D eigenvalue weighted by Crippen LogP contribution is 2.50. The van der Waals surface area contributed by atoms with Gasteiger partial charge in [-0.3, -0.25) is 4.79 Å². The molecule has 0 fully saturated rings. The Morgan fingerprint density at radius 1 is 1.00 bits per heavy atom. The van der Waals surface area contributed by atoms with Crippen LogP contribution in [-0.4, -0.2) is 26.7 Å². The third-order valence-corrected chi connectivity index (χ3v) is 7.61. The molecule has 2 aromatic carbocycles. The first kappa shape index (κ1) is 28.3. The quantitative estimate of drug-likeness (QED) is 0.313. The Bertz CT molecular complexity index is 1310. The third-order valence-electron chi connectivity index (χ3n) is 7.12. The van der Waals surface area contributed by atoms with Gasteiger partial charge in [0.15, 0.2) is 0 Å². The predicted octanol–water partition coefficient (Wildman–Crippen LogP) is 7.25.